The highest BCUT2D eigenvalue weighted by Gasteiger charge is 2.23. The summed E-state index contributed by atoms with van der Waals surface area (Å²) in [7, 11) is 0. The molecule has 0 saturated carbocycles. The Balaban J connectivity index is 1.13. The summed E-state index contributed by atoms with van der Waals surface area (Å²) in [5.74, 6) is 0.481. The number of nitrogens with zero attached hydrogens (tertiary/aromatic N) is 7. The molecule has 1 fully saturated rings. The van der Waals surface area contributed by atoms with Gasteiger partial charge >= 0.3 is 4.87 Å². The number of thiazole rings is 1. The number of benzene rings is 1. The van der Waals surface area contributed by atoms with Crippen LogP contribution in [0.2, 0.25) is 0 Å². The number of carbonyl (C=O) groups is 1. The largest absolute Gasteiger partial charge is 0.461 e. The summed E-state index contributed by atoms with van der Waals surface area (Å²) < 4.78 is 23.9. The molecule has 1 aliphatic heterocycles. The van der Waals surface area contributed by atoms with Gasteiger partial charge in [-0.15, -0.1) is 5.10 Å². The molecule has 5 heterocycles. The van der Waals surface area contributed by atoms with Crippen molar-refractivity contribution in [3.63, 3.8) is 0 Å². The molecule has 0 bridgehead atoms. The Kier molecular flexibility index (Phi) is 7.04. The zero-order valence-electron chi connectivity index (χ0n) is 21.6. The van der Waals surface area contributed by atoms with Crippen LogP contribution in [0.25, 0.3) is 27.6 Å². The second-order valence-corrected chi connectivity index (χ2v) is 10.6. The molecule has 4 N–H and O–H groups in total. The van der Waals surface area contributed by atoms with E-state index >= 15 is 0 Å². The maximum atomic E-state index is 14.9. The number of carbonyl (C=O) groups excluding carboxylic acids is 1. The topological polar surface area (TPSA) is 154 Å². The number of hydrogen-bond donors (Lipinski definition) is 2. The number of fused-ring (bicyclic) bond motifs is 3. The Morgan fingerprint density at radius 3 is 2.65 bits per heavy atom. The van der Waals surface area contributed by atoms with Gasteiger partial charge in [0.1, 0.15) is 10.5 Å². The van der Waals surface area contributed by atoms with E-state index in [4.69, 9.17) is 15.9 Å². The third-order valence-electron chi connectivity index (χ3n) is 7.09. The van der Waals surface area contributed by atoms with Crippen LogP contribution in [0.3, 0.4) is 0 Å². The van der Waals surface area contributed by atoms with E-state index in [0.29, 0.717) is 97.5 Å². The van der Waals surface area contributed by atoms with Gasteiger partial charge in [-0.3, -0.25) is 19.1 Å². The standard InChI is InChI=1S/C26H28FN9O3S/c27-17-15-16(19(37)3-1-7-28)5-6-18(17)34-11-8-33(9-12-34)10-13-35-23-21(40-26(35)38)24-30-22(20-4-2-14-39-20)32-36(24)25(29)31-23/h2,4-6,14-15H,1,3,7-13,28H2,(H2,29,31). The number of nitrogens with two attached hydrogens (primary N) is 2. The van der Waals surface area contributed by atoms with E-state index < -0.39 is 5.82 Å². The van der Waals surface area contributed by atoms with Crippen LogP contribution in [0, 0.1) is 5.82 Å². The van der Waals surface area contributed by atoms with Crippen molar-refractivity contribution in [3.8, 4) is 11.6 Å². The second-order valence-electron chi connectivity index (χ2n) is 9.60. The minimum absolute atomic E-state index is 0.101. The highest BCUT2D eigenvalue weighted by Crippen LogP contribution is 2.26. The molecule has 0 spiro atoms. The average Bonchev–Trinajstić information content (AvgIpc) is 3.70. The van der Waals surface area contributed by atoms with Crippen LogP contribution in [0.15, 0.2) is 45.8 Å². The van der Waals surface area contributed by atoms with E-state index in [1.54, 1.807) is 28.8 Å². The molecule has 4 aromatic heterocycles. The van der Waals surface area contributed by atoms with Gasteiger partial charge in [0.25, 0.3) is 0 Å². The van der Waals surface area contributed by atoms with E-state index in [1.165, 1.54) is 16.8 Å². The normalized spacial score (nSPS) is 14.5. The molecule has 1 saturated heterocycles. The molecular weight excluding hydrogens is 537 g/mol. The minimum atomic E-state index is -0.401. The number of nitrogen functional groups attached to an aromatic ring is 1. The fraction of sp³-hybridized carbons (Fsp3) is 0.346. The number of aromatic nitrogens is 5. The summed E-state index contributed by atoms with van der Waals surface area (Å²) in [6.45, 7) is 4.11. The molecular formula is C26H28FN9O3S. The lowest BCUT2D eigenvalue weighted by molar-refractivity contribution is 0.0980. The van der Waals surface area contributed by atoms with Crippen LogP contribution in [-0.2, 0) is 6.54 Å². The number of furan rings is 1. The van der Waals surface area contributed by atoms with Gasteiger partial charge in [0.15, 0.2) is 22.8 Å². The Labute approximate surface area is 231 Å². The first-order valence-corrected chi connectivity index (χ1v) is 13.8. The molecule has 1 aliphatic rings. The Hall–Kier alpha value is -4.14. The Morgan fingerprint density at radius 1 is 1.10 bits per heavy atom. The fourth-order valence-electron chi connectivity index (χ4n) is 4.93. The number of rotatable bonds is 9. The SMILES string of the molecule is NCCCC(=O)c1ccc(N2CCN(CCn3c(=O)sc4c3nc(N)n3nc(-c5ccco5)nc43)CC2)c(F)c1. The zero-order chi connectivity index (χ0) is 27.8. The van der Waals surface area contributed by atoms with Gasteiger partial charge in [-0.1, -0.05) is 11.3 Å². The van der Waals surface area contributed by atoms with Crippen molar-refractivity contribution in [2.24, 2.45) is 5.73 Å². The van der Waals surface area contributed by atoms with Crippen LogP contribution in [0.5, 0.6) is 0 Å². The van der Waals surface area contributed by atoms with Crippen LogP contribution < -0.4 is 21.2 Å². The molecule has 1 aromatic carbocycles. The molecule has 208 valence electrons. The van der Waals surface area contributed by atoms with Crippen LogP contribution in [-0.4, -0.2) is 74.1 Å². The summed E-state index contributed by atoms with van der Waals surface area (Å²) in [6, 6.07) is 8.17. The summed E-state index contributed by atoms with van der Waals surface area (Å²) in [6.07, 6.45) is 2.43. The maximum absolute atomic E-state index is 14.9. The third-order valence-corrected chi connectivity index (χ3v) is 8.05. The number of anilines is 2. The van der Waals surface area contributed by atoms with Gasteiger partial charge in [0.05, 0.1) is 12.0 Å². The van der Waals surface area contributed by atoms with Crippen LogP contribution in [0.1, 0.15) is 23.2 Å². The van der Waals surface area contributed by atoms with E-state index in [-0.39, 0.29) is 16.6 Å². The second kappa shape index (κ2) is 10.8. The smallest absolute Gasteiger partial charge is 0.309 e. The molecule has 12 nitrogen and oxygen atoms in total. The van der Waals surface area contributed by atoms with E-state index in [0.717, 1.165) is 11.3 Å². The van der Waals surface area contributed by atoms with Crippen LogP contribution >= 0.6 is 11.3 Å². The quantitative estimate of drug-likeness (QED) is 0.254. The molecule has 0 aliphatic carbocycles. The van der Waals surface area contributed by atoms with Crippen molar-refractivity contribution in [3.05, 3.63) is 57.6 Å². The number of ketones is 1. The van der Waals surface area contributed by atoms with Crippen molar-refractivity contribution in [2.75, 3.05) is 49.9 Å². The van der Waals surface area contributed by atoms with Crippen LogP contribution in [0.4, 0.5) is 16.0 Å². The lowest BCUT2D eigenvalue weighted by atomic mass is 10.1. The number of hydrogen-bond acceptors (Lipinski definition) is 11. The molecule has 40 heavy (non-hydrogen) atoms. The van der Waals surface area contributed by atoms with E-state index in [9.17, 15) is 14.0 Å². The zero-order valence-corrected chi connectivity index (χ0v) is 22.4. The highest BCUT2D eigenvalue weighted by atomic mass is 32.1. The van der Waals surface area contributed by atoms with Gasteiger partial charge in [-0.05, 0) is 43.3 Å². The molecule has 0 radical (unpaired) electrons. The third kappa shape index (κ3) is 4.85. The van der Waals surface area contributed by atoms with E-state index in [1.807, 2.05) is 4.90 Å². The van der Waals surface area contributed by atoms with Crippen molar-refractivity contribution < 1.29 is 13.6 Å². The highest BCUT2D eigenvalue weighted by molar-refractivity contribution is 7.17. The summed E-state index contributed by atoms with van der Waals surface area (Å²) in [4.78, 5) is 38.2. The summed E-state index contributed by atoms with van der Waals surface area (Å²) in [5.41, 5.74) is 13.4. The molecule has 5 aromatic rings. The predicted molar refractivity (Wildman–Crippen MR) is 150 cm³/mol. The summed E-state index contributed by atoms with van der Waals surface area (Å²) >= 11 is 1.06. The van der Waals surface area contributed by atoms with Crippen molar-refractivity contribution in [2.45, 2.75) is 19.4 Å². The first-order chi connectivity index (χ1) is 19.4. The van der Waals surface area contributed by atoms with Gasteiger partial charge in [-0.25, -0.2) is 9.37 Å². The predicted octanol–water partition coefficient (Wildman–Crippen LogP) is 2.23. The molecule has 6 rings (SSSR count). The molecule has 14 heteroatoms. The Bertz CT molecular complexity index is 1740. The van der Waals surface area contributed by atoms with Crippen molar-refractivity contribution >= 4 is 44.8 Å². The van der Waals surface area contributed by atoms with Crippen molar-refractivity contribution in [1.29, 1.82) is 0 Å². The van der Waals surface area contributed by atoms with E-state index in [2.05, 4.69) is 20.0 Å². The lowest BCUT2D eigenvalue weighted by Gasteiger charge is -2.36. The average molecular weight is 566 g/mol. The lowest BCUT2D eigenvalue weighted by Crippen LogP contribution is -2.47. The van der Waals surface area contributed by atoms with Gasteiger partial charge in [0.2, 0.25) is 11.8 Å². The van der Waals surface area contributed by atoms with Crippen molar-refractivity contribution in [1.82, 2.24) is 29.0 Å². The van der Waals surface area contributed by atoms with Gasteiger partial charge in [-0.2, -0.15) is 9.50 Å². The number of Topliss-reactive ketones (excluding diaryl/α,β-unsaturated/α-hetero) is 1. The number of halogens is 1. The summed E-state index contributed by atoms with van der Waals surface area (Å²) in [5, 5.41) is 4.39. The monoisotopic (exact) mass is 565 g/mol. The van der Waals surface area contributed by atoms with Gasteiger partial charge in [0, 0.05) is 51.3 Å². The molecule has 0 unspecified atom stereocenters. The minimum Gasteiger partial charge on any atom is -0.461 e. The first kappa shape index (κ1) is 26.1. The molecule has 0 amide bonds. The fourth-order valence-corrected chi connectivity index (χ4v) is 5.87. The maximum Gasteiger partial charge on any atom is 0.309 e. The first-order valence-electron chi connectivity index (χ1n) is 13.0. The Morgan fingerprint density at radius 2 is 1.93 bits per heavy atom. The van der Waals surface area contributed by atoms with Gasteiger partial charge < -0.3 is 20.8 Å². The molecule has 0 atom stereocenters. The number of piperazine rings is 1.